The Balaban J connectivity index is 1.96. The van der Waals surface area contributed by atoms with Crippen LogP contribution in [0.15, 0.2) is 47.9 Å². The van der Waals surface area contributed by atoms with Gasteiger partial charge in [-0.15, -0.1) is 0 Å². The second-order valence-corrected chi connectivity index (χ2v) is 4.70. The number of benzene rings is 1. The molecule has 0 unspecified atom stereocenters. The summed E-state index contributed by atoms with van der Waals surface area (Å²) in [4.78, 5) is 19.7. The molecule has 0 radical (unpaired) electrons. The van der Waals surface area contributed by atoms with E-state index in [9.17, 15) is 4.79 Å². The molecule has 0 fully saturated rings. The van der Waals surface area contributed by atoms with Crippen LogP contribution in [0, 0.1) is 0 Å². The van der Waals surface area contributed by atoms with Crippen LogP contribution < -0.4 is 0 Å². The summed E-state index contributed by atoms with van der Waals surface area (Å²) >= 11 is 7.15. The Bertz CT molecular complexity index is 502. The predicted octanol–water partition coefficient (Wildman–Crippen LogP) is 3.11. The lowest BCUT2D eigenvalue weighted by Gasteiger charge is -2.00. The molecule has 5 heteroatoms. The summed E-state index contributed by atoms with van der Waals surface area (Å²) in [6.07, 6.45) is 3.12. The summed E-state index contributed by atoms with van der Waals surface area (Å²) in [5.41, 5.74) is 0.663. The van der Waals surface area contributed by atoms with Crippen molar-refractivity contribution < 1.29 is 4.79 Å². The number of hydrogen-bond acceptors (Lipinski definition) is 4. The molecule has 0 spiro atoms. The van der Waals surface area contributed by atoms with Crippen LogP contribution in [0.25, 0.3) is 0 Å². The van der Waals surface area contributed by atoms with Crippen LogP contribution in [0.4, 0.5) is 0 Å². The standard InChI is InChI=1S/C12H9ClN2OS/c13-10-3-1-9(2-4-10)11(16)7-17-12-5-6-14-8-15-12/h1-6,8H,7H2. The summed E-state index contributed by atoms with van der Waals surface area (Å²) in [5, 5.41) is 1.42. The molecular weight excluding hydrogens is 256 g/mol. The van der Waals surface area contributed by atoms with Crippen molar-refractivity contribution in [3.05, 3.63) is 53.4 Å². The number of hydrogen-bond donors (Lipinski definition) is 0. The van der Waals surface area contributed by atoms with E-state index in [2.05, 4.69) is 9.97 Å². The number of aromatic nitrogens is 2. The van der Waals surface area contributed by atoms with Gasteiger partial charge in [0.25, 0.3) is 0 Å². The highest BCUT2D eigenvalue weighted by Crippen LogP contribution is 2.16. The molecular formula is C12H9ClN2OS. The van der Waals surface area contributed by atoms with E-state index in [1.165, 1.54) is 18.1 Å². The second-order valence-electron chi connectivity index (χ2n) is 3.27. The Hall–Kier alpha value is -1.39. The molecule has 0 saturated heterocycles. The van der Waals surface area contributed by atoms with Gasteiger partial charge >= 0.3 is 0 Å². The normalized spacial score (nSPS) is 10.2. The molecule has 1 aromatic carbocycles. The van der Waals surface area contributed by atoms with E-state index < -0.39 is 0 Å². The molecule has 0 aliphatic heterocycles. The van der Waals surface area contributed by atoms with Crippen LogP contribution in [-0.4, -0.2) is 21.5 Å². The molecule has 2 aromatic rings. The van der Waals surface area contributed by atoms with E-state index in [1.807, 2.05) is 0 Å². The van der Waals surface area contributed by atoms with Crippen LogP contribution >= 0.6 is 23.4 Å². The molecule has 1 aromatic heterocycles. The SMILES string of the molecule is O=C(CSc1ccncn1)c1ccc(Cl)cc1. The van der Waals surface area contributed by atoms with Crippen molar-refractivity contribution in [2.45, 2.75) is 5.03 Å². The highest BCUT2D eigenvalue weighted by Gasteiger charge is 2.06. The minimum atomic E-state index is 0.0604. The van der Waals surface area contributed by atoms with E-state index in [4.69, 9.17) is 11.6 Å². The minimum Gasteiger partial charge on any atom is -0.293 e. The number of Topliss-reactive ketones (excluding diaryl/α,β-unsaturated/α-hetero) is 1. The first-order valence-electron chi connectivity index (χ1n) is 4.93. The summed E-state index contributed by atoms with van der Waals surface area (Å²) in [6.45, 7) is 0. The van der Waals surface area contributed by atoms with Crippen molar-refractivity contribution in [2.75, 3.05) is 5.75 Å². The Kier molecular flexibility index (Phi) is 4.12. The summed E-state index contributed by atoms with van der Waals surface area (Å²) in [5.74, 6) is 0.420. The Morgan fingerprint density at radius 3 is 2.65 bits per heavy atom. The smallest absolute Gasteiger partial charge is 0.173 e. The van der Waals surface area contributed by atoms with E-state index >= 15 is 0 Å². The first kappa shape index (κ1) is 12.1. The number of rotatable bonds is 4. The number of thioether (sulfide) groups is 1. The zero-order valence-electron chi connectivity index (χ0n) is 8.84. The molecule has 0 N–H and O–H groups in total. The topological polar surface area (TPSA) is 42.9 Å². The first-order valence-corrected chi connectivity index (χ1v) is 6.29. The minimum absolute atomic E-state index is 0.0604. The van der Waals surface area contributed by atoms with Crippen LogP contribution in [0.2, 0.25) is 5.02 Å². The van der Waals surface area contributed by atoms with Gasteiger partial charge in [0.05, 0.1) is 10.8 Å². The fourth-order valence-electron chi connectivity index (χ4n) is 1.22. The van der Waals surface area contributed by atoms with Crippen LogP contribution in [0.1, 0.15) is 10.4 Å². The molecule has 1 heterocycles. The fraction of sp³-hybridized carbons (Fsp3) is 0.0833. The maximum absolute atomic E-state index is 11.8. The van der Waals surface area contributed by atoms with Gasteiger partial charge in [-0.25, -0.2) is 9.97 Å². The van der Waals surface area contributed by atoms with E-state index in [-0.39, 0.29) is 5.78 Å². The molecule has 0 aliphatic carbocycles. The Morgan fingerprint density at radius 2 is 2.00 bits per heavy atom. The molecule has 17 heavy (non-hydrogen) atoms. The van der Waals surface area contributed by atoms with E-state index in [0.717, 1.165) is 5.03 Å². The second kappa shape index (κ2) is 5.80. The van der Waals surface area contributed by atoms with Crippen LogP contribution in [0.5, 0.6) is 0 Å². The summed E-state index contributed by atoms with van der Waals surface area (Å²) in [6, 6.07) is 8.66. The molecule has 2 rings (SSSR count). The Labute approximate surface area is 108 Å². The number of carbonyl (C=O) groups is 1. The van der Waals surface area contributed by atoms with Crippen molar-refractivity contribution in [3.8, 4) is 0 Å². The highest BCUT2D eigenvalue weighted by molar-refractivity contribution is 7.99. The molecule has 0 bridgehead atoms. The maximum atomic E-state index is 11.8. The van der Waals surface area contributed by atoms with E-state index in [1.54, 1.807) is 36.5 Å². The average molecular weight is 265 g/mol. The number of halogens is 1. The lowest BCUT2D eigenvalue weighted by Crippen LogP contribution is -2.02. The maximum Gasteiger partial charge on any atom is 0.173 e. The molecule has 0 aliphatic rings. The van der Waals surface area contributed by atoms with Gasteiger partial charge in [-0.3, -0.25) is 4.79 Å². The molecule has 86 valence electrons. The van der Waals surface area contributed by atoms with Gasteiger partial charge in [-0.05, 0) is 30.3 Å². The number of carbonyl (C=O) groups excluding carboxylic acids is 1. The van der Waals surface area contributed by atoms with Crippen molar-refractivity contribution >= 4 is 29.1 Å². The van der Waals surface area contributed by atoms with Gasteiger partial charge in [-0.2, -0.15) is 0 Å². The quantitative estimate of drug-likeness (QED) is 0.483. The van der Waals surface area contributed by atoms with Gasteiger partial charge in [-0.1, -0.05) is 23.4 Å². The monoisotopic (exact) mass is 264 g/mol. The third kappa shape index (κ3) is 3.54. The van der Waals surface area contributed by atoms with Gasteiger partial charge in [0.2, 0.25) is 0 Å². The van der Waals surface area contributed by atoms with Gasteiger partial charge in [0.15, 0.2) is 5.78 Å². The van der Waals surface area contributed by atoms with Crippen molar-refractivity contribution in [1.29, 1.82) is 0 Å². The third-order valence-electron chi connectivity index (χ3n) is 2.07. The predicted molar refractivity (Wildman–Crippen MR) is 68.5 cm³/mol. The molecule has 0 saturated carbocycles. The zero-order chi connectivity index (χ0) is 12.1. The first-order chi connectivity index (χ1) is 8.25. The van der Waals surface area contributed by atoms with Crippen molar-refractivity contribution in [2.24, 2.45) is 0 Å². The highest BCUT2D eigenvalue weighted by atomic mass is 35.5. The van der Waals surface area contributed by atoms with Gasteiger partial charge in [0, 0.05) is 16.8 Å². The largest absolute Gasteiger partial charge is 0.293 e. The van der Waals surface area contributed by atoms with E-state index in [0.29, 0.717) is 16.3 Å². The molecule has 0 atom stereocenters. The van der Waals surface area contributed by atoms with Crippen LogP contribution in [-0.2, 0) is 0 Å². The molecule has 0 amide bonds. The number of nitrogens with zero attached hydrogens (tertiary/aromatic N) is 2. The summed E-state index contributed by atoms with van der Waals surface area (Å²) in [7, 11) is 0. The van der Waals surface area contributed by atoms with Crippen LogP contribution in [0.3, 0.4) is 0 Å². The lowest BCUT2D eigenvalue weighted by molar-refractivity contribution is 0.102. The third-order valence-corrected chi connectivity index (χ3v) is 3.27. The van der Waals surface area contributed by atoms with Crippen molar-refractivity contribution in [3.63, 3.8) is 0 Å². The Morgan fingerprint density at radius 1 is 1.24 bits per heavy atom. The van der Waals surface area contributed by atoms with Gasteiger partial charge in [0.1, 0.15) is 6.33 Å². The average Bonchev–Trinajstić information content (AvgIpc) is 2.38. The number of ketones is 1. The van der Waals surface area contributed by atoms with Crippen molar-refractivity contribution in [1.82, 2.24) is 9.97 Å². The zero-order valence-corrected chi connectivity index (χ0v) is 10.4. The van der Waals surface area contributed by atoms with Gasteiger partial charge < -0.3 is 0 Å². The fourth-order valence-corrected chi connectivity index (χ4v) is 2.07. The molecule has 3 nitrogen and oxygen atoms in total. The summed E-state index contributed by atoms with van der Waals surface area (Å²) < 4.78 is 0. The lowest BCUT2D eigenvalue weighted by atomic mass is 10.1.